The minimum absolute atomic E-state index is 0.198. The lowest BCUT2D eigenvalue weighted by atomic mass is 10.3. The molecule has 2 aromatic rings. The van der Waals surface area contributed by atoms with Gasteiger partial charge in [0.1, 0.15) is 5.75 Å². The summed E-state index contributed by atoms with van der Waals surface area (Å²) in [5.41, 5.74) is 0.0566. The second kappa shape index (κ2) is 7.37. The highest BCUT2D eigenvalue weighted by Crippen LogP contribution is 2.27. The van der Waals surface area contributed by atoms with Gasteiger partial charge < -0.3 is 10.1 Å². The number of aromatic nitrogens is 2. The number of anilines is 1. The largest absolute Gasteiger partial charge is 0.495 e. The van der Waals surface area contributed by atoms with Gasteiger partial charge in [0.05, 0.1) is 12.8 Å². The van der Waals surface area contributed by atoms with Gasteiger partial charge in [-0.25, -0.2) is 4.79 Å². The number of carbonyl (C=O) groups is 1. The van der Waals surface area contributed by atoms with Crippen LogP contribution >= 0.6 is 23.4 Å². The number of aryl methyl sites for hydroxylation is 1. The van der Waals surface area contributed by atoms with E-state index in [1.54, 1.807) is 25.2 Å². The van der Waals surface area contributed by atoms with Crippen LogP contribution < -0.4 is 20.4 Å². The monoisotopic (exact) mass is 344 g/mol. The summed E-state index contributed by atoms with van der Waals surface area (Å²) in [6.45, 7) is 0. The third-order valence-electron chi connectivity index (χ3n) is 2.76. The SMILES string of the molecule is COc1ccc(Cl)cc1NC(=O)CCSc1c(=O)o[nH][n+]1C. The number of amides is 1. The number of carbonyl (C=O) groups excluding carboxylic acids is 1. The lowest BCUT2D eigenvalue weighted by Crippen LogP contribution is -2.33. The lowest BCUT2D eigenvalue weighted by Gasteiger charge is -2.10. The van der Waals surface area contributed by atoms with Gasteiger partial charge in [-0.3, -0.25) is 9.32 Å². The standard InChI is InChI=1S/C13H14ClN3O4S/c1-17-12(13(19)21-16-17)22-6-5-11(18)15-9-7-8(14)3-4-10(9)20-2/h3-4,7H,5-6H2,1-2H3,(H-,15,16,18,19)/p+1. The first-order valence-electron chi connectivity index (χ1n) is 6.35. The summed E-state index contributed by atoms with van der Waals surface area (Å²) < 4.78 is 11.2. The van der Waals surface area contributed by atoms with Gasteiger partial charge >= 0.3 is 10.7 Å². The van der Waals surface area contributed by atoms with Crippen LogP contribution in [0.2, 0.25) is 5.02 Å². The van der Waals surface area contributed by atoms with Crippen molar-refractivity contribution >= 4 is 35.0 Å². The van der Waals surface area contributed by atoms with Gasteiger partial charge in [0.15, 0.2) is 7.05 Å². The van der Waals surface area contributed by atoms with Gasteiger partial charge in [-0.2, -0.15) is 0 Å². The molecule has 7 nitrogen and oxygen atoms in total. The average molecular weight is 345 g/mol. The molecule has 1 aromatic heterocycles. The molecule has 0 aliphatic heterocycles. The van der Waals surface area contributed by atoms with Crippen molar-refractivity contribution in [3.63, 3.8) is 0 Å². The third kappa shape index (κ3) is 4.05. The first-order chi connectivity index (χ1) is 10.5. The van der Waals surface area contributed by atoms with Crippen LogP contribution in [-0.4, -0.2) is 24.0 Å². The van der Waals surface area contributed by atoms with Crippen LogP contribution in [0.3, 0.4) is 0 Å². The van der Waals surface area contributed by atoms with E-state index < -0.39 is 5.63 Å². The lowest BCUT2D eigenvalue weighted by molar-refractivity contribution is -0.772. The van der Waals surface area contributed by atoms with Gasteiger partial charge in [0.25, 0.3) is 0 Å². The fourth-order valence-electron chi connectivity index (χ4n) is 1.72. The van der Waals surface area contributed by atoms with Gasteiger partial charge in [-0.1, -0.05) is 16.3 Å². The van der Waals surface area contributed by atoms with Crippen molar-refractivity contribution in [2.24, 2.45) is 7.05 Å². The van der Waals surface area contributed by atoms with Crippen molar-refractivity contribution in [3.8, 4) is 5.75 Å². The van der Waals surface area contributed by atoms with Crippen molar-refractivity contribution in [3.05, 3.63) is 33.6 Å². The molecule has 1 aromatic carbocycles. The molecule has 2 N–H and O–H groups in total. The number of thioether (sulfide) groups is 1. The van der Waals surface area contributed by atoms with Crippen molar-refractivity contribution in [1.82, 2.24) is 5.27 Å². The third-order valence-corrected chi connectivity index (χ3v) is 4.12. The van der Waals surface area contributed by atoms with E-state index in [4.69, 9.17) is 16.3 Å². The molecule has 0 fully saturated rings. The molecule has 0 bridgehead atoms. The van der Waals surface area contributed by atoms with Crippen LogP contribution in [0.5, 0.6) is 5.75 Å². The molecular formula is C13H15ClN3O4S+. The van der Waals surface area contributed by atoms with Gasteiger partial charge in [0.2, 0.25) is 5.91 Å². The quantitative estimate of drug-likeness (QED) is 0.613. The second-order valence-corrected chi connectivity index (χ2v) is 5.86. The fourth-order valence-corrected chi connectivity index (χ4v) is 2.76. The molecule has 0 radical (unpaired) electrons. The van der Waals surface area contributed by atoms with Crippen molar-refractivity contribution in [2.45, 2.75) is 11.4 Å². The zero-order valence-electron chi connectivity index (χ0n) is 12.0. The number of hydrogen-bond donors (Lipinski definition) is 2. The topological polar surface area (TPSA) is 88.2 Å². The molecule has 118 valence electrons. The first kappa shape index (κ1) is 16.4. The number of halogens is 1. The Hall–Kier alpha value is -1.93. The fraction of sp³-hybridized carbons (Fsp3) is 0.308. The predicted octanol–water partition coefficient (Wildman–Crippen LogP) is 1.58. The van der Waals surface area contributed by atoms with Crippen molar-refractivity contribution in [2.75, 3.05) is 18.2 Å². The molecule has 0 aliphatic carbocycles. The molecule has 1 heterocycles. The summed E-state index contributed by atoms with van der Waals surface area (Å²) in [4.78, 5) is 23.3. The molecule has 0 saturated carbocycles. The normalized spacial score (nSPS) is 10.5. The Morgan fingerprint density at radius 3 is 2.95 bits per heavy atom. The maximum Gasteiger partial charge on any atom is 0.441 e. The molecule has 0 aliphatic rings. The highest BCUT2D eigenvalue weighted by atomic mass is 35.5. The van der Waals surface area contributed by atoms with E-state index in [1.807, 2.05) is 0 Å². The Morgan fingerprint density at radius 2 is 2.32 bits per heavy atom. The highest BCUT2D eigenvalue weighted by Gasteiger charge is 2.18. The summed E-state index contributed by atoms with van der Waals surface area (Å²) in [5, 5.41) is 6.06. The van der Waals surface area contributed by atoms with Gasteiger partial charge in [-0.05, 0) is 35.2 Å². The van der Waals surface area contributed by atoms with E-state index in [0.717, 1.165) is 0 Å². The first-order valence-corrected chi connectivity index (χ1v) is 7.71. The van der Waals surface area contributed by atoms with Crippen molar-refractivity contribution in [1.29, 1.82) is 0 Å². The predicted molar refractivity (Wildman–Crippen MR) is 82.5 cm³/mol. The Balaban J connectivity index is 1.91. The van der Waals surface area contributed by atoms with Crippen LogP contribution in [0, 0.1) is 0 Å². The number of benzene rings is 1. The van der Waals surface area contributed by atoms with Crippen molar-refractivity contribution < 1.29 is 18.7 Å². The molecule has 0 saturated heterocycles. The minimum Gasteiger partial charge on any atom is -0.495 e. The number of ether oxygens (including phenoxy) is 1. The average Bonchev–Trinajstić information content (AvgIpc) is 2.79. The Kier molecular flexibility index (Phi) is 5.51. The van der Waals surface area contributed by atoms with E-state index >= 15 is 0 Å². The summed E-state index contributed by atoms with van der Waals surface area (Å²) in [6.07, 6.45) is 0.227. The second-order valence-electron chi connectivity index (χ2n) is 4.34. The summed E-state index contributed by atoms with van der Waals surface area (Å²) >= 11 is 7.14. The molecule has 0 spiro atoms. The van der Waals surface area contributed by atoms with E-state index in [1.165, 1.54) is 23.6 Å². The highest BCUT2D eigenvalue weighted by molar-refractivity contribution is 7.99. The van der Waals surface area contributed by atoms with Crippen LogP contribution in [0.1, 0.15) is 6.42 Å². The molecular weight excluding hydrogens is 330 g/mol. The Labute approximate surface area is 135 Å². The molecule has 1 amide bonds. The van der Waals surface area contributed by atoms with Crippen LogP contribution in [0.4, 0.5) is 5.69 Å². The Bertz CT molecular complexity index is 728. The molecule has 9 heteroatoms. The summed E-state index contributed by atoms with van der Waals surface area (Å²) in [6, 6.07) is 4.97. The van der Waals surface area contributed by atoms with Gasteiger partial charge in [0, 0.05) is 17.2 Å². The van der Waals surface area contributed by atoms with Crippen LogP contribution in [-0.2, 0) is 11.8 Å². The number of hydrogen-bond acceptors (Lipinski definition) is 5. The molecule has 22 heavy (non-hydrogen) atoms. The minimum atomic E-state index is -0.454. The van der Waals surface area contributed by atoms with Crippen LogP contribution in [0.15, 0.2) is 32.5 Å². The molecule has 0 atom stereocenters. The number of nitrogens with one attached hydrogen (secondary N) is 2. The molecule has 0 unspecified atom stereocenters. The number of H-pyrrole nitrogens is 1. The number of methoxy groups -OCH3 is 1. The van der Waals surface area contributed by atoms with E-state index in [-0.39, 0.29) is 12.3 Å². The number of nitrogens with zero attached hydrogens (tertiary/aromatic N) is 1. The number of aromatic amines is 1. The number of rotatable bonds is 6. The maximum absolute atomic E-state index is 12.0. The summed E-state index contributed by atoms with van der Waals surface area (Å²) in [5.74, 6) is 0.768. The van der Waals surface area contributed by atoms with Crippen LogP contribution in [0.25, 0.3) is 0 Å². The Morgan fingerprint density at radius 1 is 1.55 bits per heavy atom. The molecule has 2 rings (SSSR count). The van der Waals surface area contributed by atoms with E-state index in [2.05, 4.69) is 15.1 Å². The van der Waals surface area contributed by atoms with E-state index in [0.29, 0.717) is 27.2 Å². The van der Waals surface area contributed by atoms with Gasteiger partial charge in [-0.15, -0.1) is 0 Å². The summed E-state index contributed by atoms with van der Waals surface area (Å²) in [7, 11) is 3.17. The zero-order valence-corrected chi connectivity index (χ0v) is 13.6. The zero-order chi connectivity index (χ0) is 16.1. The maximum atomic E-state index is 12.0. The van der Waals surface area contributed by atoms with E-state index in [9.17, 15) is 9.59 Å². The smallest absolute Gasteiger partial charge is 0.441 e.